The number of urea groups is 1. The molecule has 2 atom stereocenters. The van der Waals surface area contributed by atoms with E-state index in [-0.39, 0.29) is 24.4 Å². The van der Waals surface area contributed by atoms with Crippen molar-refractivity contribution in [1.29, 1.82) is 0 Å². The minimum atomic E-state index is -0.493. The molecule has 27 heavy (non-hydrogen) atoms. The van der Waals surface area contributed by atoms with Crippen molar-refractivity contribution in [2.75, 3.05) is 11.9 Å². The zero-order chi connectivity index (χ0) is 18.8. The van der Waals surface area contributed by atoms with E-state index in [2.05, 4.69) is 26.2 Å². The van der Waals surface area contributed by atoms with E-state index in [9.17, 15) is 14.4 Å². The summed E-state index contributed by atoms with van der Waals surface area (Å²) in [7, 11) is 0. The van der Waals surface area contributed by atoms with E-state index >= 15 is 0 Å². The molecule has 0 radical (unpaired) electrons. The zero-order valence-electron chi connectivity index (χ0n) is 14.5. The van der Waals surface area contributed by atoms with Gasteiger partial charge in [-0.2, -0.15) is 0 Å². The van der Waals surface area contributed by atoms with Crippen LogP contribution in [0.5, 0.6) is 0 Å². The summed E-state index contributed by atoms with van der Waals surface area (Å²) in [6, 6.07) is 6.30. The lowest BCUT2D eigenvalue weighted by atomic mass is 9.82. The van der Waals surface area contributed by atoms with Gasteiger partial charge in [-0.15, -0.1) is 5.10 Å². The molecule has 0 spiro atoms. The summed E-state index contributed by atoms with van der Waals surface area (Å²) in [5, 5.41) is 16.5. The van der Waals surface area contributed by atoms with E-state index < -0.39 is 11.9 Å². The van der Waals surface area contributed by atoms with E-state index in [0.29, 0.717) is 5.69 Å². The van der Waals surface area contributed by atoms with Crippen LogP contribution in [0.4, 0.5) is 10.5 Å². The fourth-order valence-corrected chi connectivity index (χ4v) is 3.61. The summed E-state index contributed by atoms with van der Waals surface area (Å²) in [4.78, 5) is 38.1. The highest BCUT2D eigenvalue weighted by Crippen LogP contribution is 2.29. The number of nitrogens with one attached hydrogen (secondary N) is 2. The molecule has 2 aromatic rings. The van der Waals surface area contributed by atoms with Crippen LogP contribution in [0.15, 0.2) is 30.6 Å². The highest BCUT2D eigenvalue weighted by Gasteiger charge is 2.42. The van der Waals surface area contributed by atoms with Gasteiger partial charge in [0.15, 0.2) is 0 Å². The van der Waals surface area contributed by atoms with Gasteiger partial charge < -0.3 is 10.6 Å². The third kappa shape index (κ3) is 3.50. The smallest absolute Gasteiger partial charge is 0.324 e. The van der Waals surface area contributed by atoms with Crippen molar-refractivity contribution < 1.29 is 14.4 Å². The second-order valence-electron chi connectivity index (χ2n) is 6.72. The molecule has 1 aliphatic carbocycles. The molecule has 1 aromatic carbocycles. The molecule has 2 aliphatic rings. The molecule has 1 saturated carbocycles. The molecule has 1 aromatic heterocycles. The zero-order valence-corrected chi connectivity index (χ0v) is 14.5. The minimum absolute atomic E-state index is 0.100. The van der Waals surface area contributed by atoms with Gasteiger partial charge in [-0.05, 0) is 47.5 Å². The first-order valence-electron chi connectivity index (χ1n) is 8.87. The van der Waals surface area contributed by atoms with Crippen molar-refractivity contribution in [2.45, 2.75) is 31.7 Å². The Morgan fingerprint density at radius 3 is 2.70 bits per heavy atom. The number of carbonyl (C=O) groups excluding carboxylic acids is 3. The van der Waals surface area contributed by atoms with Crippen LogP contribution in [-0.4, -0.2) is 55.5 Å². The van der Waals surface area contributed by atoms with Gasteiger partial charge in [-0.3, -0.25) is 14.5 Å². The van der Waals surface area contributed by atoms with E-state index in [1.165, 1.54) is 11.0 Å². The van der Waals surface area contributed by atoms with Gasteiger partial charge in [0.05, 0.1) is 11.6 Å². The summed E-state index contributed by atoms with van der Waals surface area (Å²) in [6.45, 7) is -0.303. The Morgan fingerprint density at radius 1 is 1.19 bits per heavy atom. The van der Waals surface area contributed by atoms with Crippen molar-refractivity contribution in [3.05, 3.63) is 30.6 Å². The lowest BCUT2D eigenvalue weighted by Gasteiger charge is -2.39. The second kappa shape index (κ2) is 7.14. The molecule has 2 heterocycles. The van der Waals surface area contributed by atoms with Gasteiger partial charge in [-0.25, -0.2) is 9.48 Å². The van der Waals surface area contributed by atoms with E-state index in [1.54, 1.807) is 24.3 Å². The van der Waals surface area contributed by atoms with Gasteiger partial charge in [0.25, 0.3) is 0 Å². The third-order valence-corrected chi connectivity index (χ3v) is 4.97. The summed E-state index contributed by atoms with van der Waals surface area (Å²) >= 11 is 0. The van der Waals surface area contributed by atoms with Crippen LogP contribution in [0.2, 0.25) is 0 Å². The Morgan fingerprint density at radius 2 is 1.96 bits per heavy atom. The molecule has 4 amide bonds. The predicted octanol–water partition coefficient (Wildman–Crippen LogP) is 0.711. The topological polar surface area (TPSA) is 122 Å². The summed E-state index contributed by atoms with van der Waals surface area (Å²) < 4.78 is 1.49. The second-order valence-corrected chi connectivity index (χ2v) is 6.72. The molecule has 2 unspecified atom stereocenters. The number of benzene rings is 1. The lowest BCUT2D eigenvalue weighted by molar-refractivity contribution is -0.138. The molecule has 140 valence electrons. The Kier molecular flexibility index (Phi) is 4.53. The summed E-state index contributed by atoms with van der Waals surface area (Å²) in [5.41, 5.74) is 1.30. The summed E-state index contributed by atoms with van der Waals surface area (Å²) in [5.74, 6) is -0.907. The number of hydrogen-bond donors (Lipinski definition) is 2. The molecule has 4 rings (SSSR count). The van der Waals surface area contributed by atoms with E-state index in [0.717, 1.165) is 36.3 Å². The number of carbonyl (C=O) groups is 3. The predicted molar refractivity (Wildman–Crippen MR) is 93.8 cm³/mol. The average Bonchev–Trinajstić information content (AvgIpc) is 3.20. The molecule has 2 fully saturated rings. The Labute approximate surface area is 154 Å². The summed E-state index contributed by atoms with van der Waals surface area (Å²) in [6.07, 6.45) is 5.01. The first-order chi connectivity index (χ1) is 13.1. The normalized spacial score (nSPS) is 22.1. The largest absolute Gasteiger partial charge is 0.334 e. The Balaban J connectivity index is 1.38. The number of nitrogens with zero attached hydrogens (tertiary/aromatic N) is 5. The fraction of sp³-hybridized carbons (Fsp3) is 0.412. The number of hydrogen-bond acceptors (Lipinski definition) is 6. The minimum Gasteiger partial charge on any atom is -0.334 e. The van der Waals surface area contributed by atoms with Gasteiger partial charge in [0, 0.05) is 11.7 Å². The third-order valence-electron chi connectivity index (χ3n) is 4.97. The Bertz CT molecular complexity index is 850. The van der Waals surface area contributed by atoms with E-state index in [1.807, 2.05) is 0 Å². The van der Waals surface area contributed by atoms with Crippen LogP contribution in [0, 0.1) is 5.92 Å². The maximum absolute atomic E-state index is 12.6. The maximum atomic E-state index is 12.6. The van der Waals surface area contributed by atoms with Crippen molar-refractivity contribution in [3.8, 4) is 5.69 Å². The molecule has 1 saturated heterocycles. The molecular formula is C17H19N7O3. The number of tetrazole rings is 1. The standard InChI is InChI=1S/C17H19N7O3/c25-15(19-11-5-7-12(8-6-11)24-10-18-21-22-24)9-23-16(26)13-3-1-2-4-14(13)20-17(23)27/h5-8,10,13-14H,1-4,9H2,(H,19,25)(H,20,27). The van der Waals surface area contributed by atoms with Crippen molar-refractivity contribution in [3.63, 3.8) is 0 Å². The number of anilines is 1. The monoisotopic (exact) mass is 369 g/mol. The van der Waals surface area contributed by atoms with E-state index in [4.69, 9.17) is 0 Å². The van der Waals surface area contributed by atoms with Gasteiger partial charge in [-0.1, -0.05) is 12.8 Å². The maximum Gasteiger partial charge on any atom is 0.324 e. The van der Waals surface area contributed by atoms with Crippen molar-refractivity contribution in [1.82, 2.24) is 30.4 Å². The van der Waals surface area contributed by atoms with Crippen LogP contribution in [0.1, 0.15) is 25.7 Å². The van der Waals surface area contributed by atoms with Crippen molar-refractivity contribution in [2.24, 2.45) is 5.92 Å². The SMILES string of the molecule is O=C(CN1C(=O)NC2CCCCC2C1=O)Nc1ccc(-n2cnnn2)cc1. The van der Waals surface area contributed by atoms with Gasteiger partial charge >= 0.3 is 6.03 Å². The first kappa shape index (κ1) is 17.1. The number of imide groups is 1. The first-order valence-corrected chi connectivity index (χ1v) is 8.87. The van der Waals surface area contributed by atoms with Gasteiger partial charge in [0.2, 0.25) is 11.8 Å². The molecule has 0 bridgehead atoms. The molecule has 2 N–H and O–H groups in total. The van der Waals surface area contributed by atoms with Crippen LogP contribution < -0.4 is 10.6 Å². The molecule has 10 nitrogen and oxygen atoms in total. The van der Waals surface area contributed by atoms with Crippen molar-refractivity contribution >= 4 is 23.5 Å². The van der Waals surface area contributed by atoms with Crippen LogP contribution in [0.25, 0.3) is 5.69 Å². The lowest BCUT2D eigenvalue weighted by Crippen LogP contribution is -2.61. The van der Waals surface area contributed by atoms with Crippen LogP contribution in [0.3, 0.4) is 0 Å². The fourth-order valence-electron chi connectivity index (χ4n) is 3.61. The highest BCUT2D eigenvalue weighted by atomic mass is 16.2. The highest BCUT2D eigenvalue weighted by molar-refractivity contribution is 6.04. The number of rotatable bonds is 4. The quantitative estimate of drug-likeness (QED) is 0.818. The van der Waals surface area contributed by atoms with Gasteiger partial charge in [0.1, 0.15) is 12.9 Å². The Hall–Kier alpha value is -3.30. The average molecular weight is 369 g/mol. The number of aromatic nitrogens is 4. The van der Waals surface area contributed by atoms with Crippen LogP contribution in [-0.2, 0) is 9.59 Å². The molecule has 1 aliphatic heterocycles. The number of amides is 4. The number of fused-ring (bicyclic) bond motifs is 1. The van der Waals surface area contributed by atoms with Crippen LogP contribution >= 0.6 is 0 Å². The molecule has 10 heteroatoms. The molecular weight excluding hydrogens is 350 g/mol.